The topological polar surface area (TPSA) is 28.2 Å². The molecule has 112 valence electrons. The summed E-state index contributed by atoms with van der Waals surface area (Å²) >= 11 is 0. The fourth-order valence-corrected chi connectivity index (χ4v) is 2.07. The lowest BCUT2D eigenvalue weighted by Gasteiger charge is -2.20. The quantitative estimate of drug-likeness (QED) is 0.886. The van der Waals surface area contributed by atoms with Gasteiger partial charge in [0.15, 0.2) is 11.6 Å². The third-order valence-electron chi connectivity index (χ3n) is 3.21. The first-order valence-corrected chi connectivity index (χ1v) is 6.91. The second-order valence-electron chi connectivity index (χ2n) is 4.87. The summed E-state index contributed by atoms with van der Waals surface area (Å²) in [6, 6.07) is 7.84. The molecule has 5 heteroatoms. The number of anilines is 1. The van der Waals surface area contributed by atoms with Crippen LogP contribution in [0.15, 0.2) is 36.5 Å². The molecule has 2 rings (SSSR count). The molecule has 1 heterocycles. The lowest BCUT2D eigenvalue weighted by molar-refractivity contribution is 0.583. The van der Waals surface area contributed by atoms with E-state index in [0.29, 0.717) is 24.5 Å². The number of aromatic nitrogens is 1. The Bertz CT molecular complexity index is 585. The minimum atomic E-state index is -0.317. The van der Waals surface area contributed by atoms with Gasteiger partial charge in [-0.15, -0.1) is 0 Å². The second-order valence-corrected chi connectivity index (χ2v) is 4.87. The third-order valence-corrected chi connectivity index (χ3v) is 3.21. The van der Waals surface area contributed by atoms with Crippen molar-refractivity contribution >= 4 is 5.82 Å². The molecule has 0 saturated heterocycles. The van der Waals surface area contributed by atoms with Gasteiger partial charge in [0.2, 0.25) is 0 Å². The number of hydrogen-bond donors (Lipinski definition) is 1. The van der Waals surface area contributed by atoms with Crippen molar-refractivity contribution in [2.45, 2.75) is 20.0 Å². The van der Waals surface area contributed by atoms with Crippen LogP contribution in [-0.2, 0) is 13.1 Å². The first kappa shape index (κ1) is 15.4. The van der Waals surface area contributed by atoms with Crippen LogP contribution in [0.2, 0.25) is 0 Å². The summed E-state index contributed by atoms with van der Waals surface area (Å²) in [6.07, 6.45) is 1.60. The number of halogens is 2. The van der Waals surface area contributed by atoms with E-state index in [9.17, 15) is 8.78 Å². The molecule has 1 aromatic carbocycles. The highest BCUT2D eigenvalue weighted by molar-refractivity contribution is 5.43. The zero-order chi connectivity index (χ0) is 15.2. The lowest BCUT2D eigenvalue weighted by Crippen LogP contribution is -2.21. The van der Waals surface area contributed by atoms with Crippen molar-refractivity contribution in [3.8, 4) is 0 Å². The lowest BCUT2D eigenvalue weighted by atomic mass is 10.2. The van der Waals surface area contributed by atoms with Crippen LogP contribution < -0.4 is 10.2 Å². The van der Waals surface area contributed by atoms with Crippen molar-refractivity contribution in [1.82, 2.24) is 10.3 Å². The highest BCUT2D eigenvalue weighted by Gasteiger charge is 2.13. The Kier molecular flexibility index (Phi) is 5.22. The summed E-state index contributed by atoms with van der Waals surface area (Å²) in [5, 5.41) is 3.10. The molecule has 0 saturated carbocycles. The van der Waals surface area contributed by atoms with Gasteiger partial charge in [-0.25, -0.2) is 13.8 Å². The Morgan fingerprint density at radius 3 is 2.52 bits per heavy atom. The maximum atomic E-state index is 14.4. The predicted molar refractivity (Wildman–Crippen MR) is 80.1 cm³/mol. The van der Waals surface area contributed by atoms with Gasteiger partial charge in [0.25, 0.3) is 0 Å². The highest BCUT2D eigenvalue weighted by atomic mass is 19.1. The Labute approximate surface area is 123 Å². The monoisotopic (exact) mass is 291 g/mol. The molecule has 0 spiro atoms. The van der Waals surface area contributed by atoms with E-state index in [1.165, 1.54) is 12.1 Å². The predicted octanol–water partition coefficient (Wildman–Crippen LogP) is 3.11. The maximum absolute atomic E-state index is 14.4. The van der Waals surface area contributed by atoms with Crippen LogP contribution >= 0.6 is 0 Å². The van der Waals surface area contributed by atoms with E-state index < -0.39 is 0 Å². The van der Waals surface area contributed by atoms with Gasteiger partial charge < -0.3 is 10.2 Å². The molecular formula is C16H19F2N3. The van der Waals surface area contributed by atoms with Crippen LogP contribution in [0.4, 0.5) is 14.6 Å². The minimum Gasteiger partial charge on any atom is -0.353 e. The van der Waals surface area contributed by atoms with E-state index in [1.54, 1.807) is 36.3 Å². The molecule has 0 fully saturated rings. The Balaban J connectivity index is 2.14. The Morgan fingerprint density at radius 2 is 1.86 bits per heavy atom. The van der Waals surface area contributed by atoms with E-state index in [-0.39, 0.29) is 11.6 Å². The van der Waals surface area contributed by atoms with Crippen molar-refractivity contribution in [2.75, 3.05) is 18.5 Å². The van der Waals surface area contributed by atoms with E-state index >= 15 is 0 Å². The number of nitrogens with one attached hydrogen (secondary N) is 1. The number of pyridine rings is 1. The molecule has 0 aliphatic carbocycles. The van der Waals surface area contributed by atoms with E-state index in [1.807, 2.05) is 6.92 Å². The van der Waals surface area contributed by atoms with Crippen molar-refractivity contribution < 1.29 is 8.78 Å². The van der Waals surface area contributed by atoms with Crippen LogP contribution in [0.1, 0.15) is 18.1 Å². The molecule has 0 amide bonds. The summed E-state index contributed by atoms with van der Waals surface area (Å²) in [7, 11) is 1.77. The zero-order valence-corrected chi connectivity index (χ0v) is 12.2. The number of hydrogen-bond acceptors (Lipinski definition) is 3. The largest absolute Gasteiger partial charge is 0.353 e. The van der Waals surface area contributed by atoms with E-state index in [2.05, 4.69) is 10.3 Å². The van der Waals surface area contributed by atoms with Crippen LogP contribution in [0.3, 0.4) is 0 Å². The molecule has 3 nitrogen and oxygen atoms in total. The van der Waals surface area contributed by atoms with Crippen LogP contribution in [-0.4, -0.2) is 18.6 Å². The second kappa shape index (κ2) is 7.13. The van der Waals surface area contributed by atoms with E-state index in [0.717, 1.165) is 12.1 Å². The number of benzene rings is 1. The van der Waals surface area contributed by atoms with Crippen molar-refractivity contribution in [3.63, 3.8) is 0 Å². The number of nitrogens with zero attached hydrogens (tertiary/aromatic N) is 2. The summed E-state index contributed by atoms with van der Waals surface area (Å²) in [5.74, 6) is -0.295. The average Bonchev–Trinajstić information content (AvgIpc) is 2.48. The molecule has 1 aromatic heterocycles. The van der Waals surface area contributed by atoms with E-state index in [4.69, 9.17) is 0 Å². The summed E-state index contributed by atoms with van der Waals surface area (Å²) in [5.41, 5.74) is 1.49. The minimum absolute atomic E-state index is 0.279. The summed E-state index contributed by atoms with van der Waals surface area (Å²) < 4.78 is 27.3. The Hall–Kier alpha value is -2.01. The SMILES string of the molecule is CCNCc1ccnc(N(C)Cc2ccc(F)cc2)c1F. The average molecular weight is 291 g/mol. The fourth-order valence-electron chi connectivity index (χ4n) is 2.07. The van der Waals surface area contributed by atoms with Crippen molar-refractivity contribution in [1.29, 1.82) is 0 Å². The molecule has 21 heavy (non-hydrogen) atoms. The van der Waals surface area contributed by atoms with Crippen LogP contribution in [0, 0.1) is 11.6 Å². The normalized spacial score (nSPS) is 10.7. The Morgan fingerprint density at radius 1 is 1.14 bits per heavy atom. The van der Waals surface area contributed by atoms with Gasteiger partial charge in [-0.3, -0.25) is 0 Å². The van der Waals surface area contributed by atoms with Gasteiger partial charge in [0, 0.05) is 31.9 Å². The molecule has 0 aliphatic rings. The number of rotatable bonds is 6. The standard InChI is InChI=1S/C16H19F2N3/c1-3-19-10-13-8-9-20-16(15(13)18)21(2)11-12-4-6-14(17)7-5-12/h4-9,19H,3,10-11H2,1-2H3. The maximum Gasteiger partial charge on any atom is 0.170 e. The molecule has 2 aromatic rings. The molecule has 0 aliphatic heterocycles. The van der Waals surface area contributed by atoms with Gasteiger partial charge in [-0.2, -0.15) is 0 Å². The van der Waals surface area contributed by atoms with Gasteiger partial charge in [-0.1, -0.05) is 19.1 Å². The summed E-state index contributed by atoms with van der Waals surface area (Å²) in [4.78, 5) is 5.83. The smallest absolute Gasteiger partial charge is 0.170 e. The van der Waals surface area contributed by atoms with Gasteiger partial charge in [0.1, 0.15) is 5.82 Å². The van der Waals surface area contributed by atoms with Gasteiger partial charge >= 0.3 is 0 Å². The third kappa shape index (κ3) is 3.98. The molecule has 0 unspecified atom stereocenters. The zero-order valence-electron chi connectivity index (χ0n) is 12.2. The highest BCUT2D eigenvalue weighted by Crippen LogP contribution is 2.20. The van der Waals surface area contributed by atoms with Crippen LogP contribution in [0.25, 0.3) is 0 Å². The van der Waals surface area contributed by atoms with Crippen LogP contribution in [0.5, 0.6) is 0 Å². The first-order valence-electron chi connectivity index (χ1n) is 6.91. The van der Waals surface area contributed by atoms with Gasteiger partial charge in [-0.05, 0) is 30.3 Å². The van der Waals surface area contributed by atoms with Crippen molar-refractivity contribution in [3.05, 3.63) is 59.3 Å². The molecule has 1 N–H and O–H groups in total. The van der Waals surface area contributed by atoms with Gasteiger partial charge in [0.05, 0.1) is 0 Å². The molecule has 0 bridgehead atoms. The van der Waals surface area contributed by atoms with Crippen molar-refractivity contribution in [2.24, 2.45) is 0 Å². The summed E-state index contributed by atoms with van der Waals surface area (Å²) in [6.45, 7) is 3.69. The molecule has 0 atom stereocenters. The molecular weight excluding hydrogens is 272 g/mol. The first-order chi connectivity index (χ1) is 10.1. The molecule has 0 radical (unpaired) electrons. The fraction of sp³-hybridized carbons (Fsp3) is 0.312.